The molecule has 0 unspecified atom stereocenters. The Bertz CT molecular complexity index is 579. The molecule has 0 aliphatic heterocycles. The number of aryl methyl sites for hydroxylation is 2. The van der Waals surface area contributed by atoms with E-state index in [9.17, 15) is 4.39 Å². The van der Waals surface area contributed by atoms with Gasteiger partial charge in [0.25, 0.3) is 0 Å². The average molecular weight is 260 g/mol. The molecule has 0 heterocycles. The molecule has 0 bridgehead atoms. The van der Waals surface area contributed by atoms with Gasteiger partial charge in [0.1, 0.15) is 6.61 Å². The molecular formula is C16H17FO2. The fourth-order valence-electron chi connectivity index (χ4n) is 1.87. The van der Waals surface area contributed by atoms with E-state index in [0.29, 0.717) is 12.2 Å². The molecule has 2 aromatic carbocycles. The highest BCUT2D eigenvalue weighted by Gasteiger charge is 2.06. The Morgan fingerprint density at radius 1 is 1.11 bits per heavy atom. The van der Waals surface area contributed by atoms with Crippen molar-refractivity contribution in [1.82, 2.24) is 0 Å². The fraction of sp³-hybridized carbons (Fsp3) is 0.250. The van der Waals surface area contributed by atoms with Crippen LogP contribution in [0.25, 0.3) is 0 Å². The lowest BCUT2D eigenvalue weighted by Gasteiger charge is -2.11. The summed E-state index contributed by atoms with van der Waals surface area (Å²) in [7, 11) is 0. The summed E-state index contributed by atoms with van der Waals surface area (Å²) in [6.07, 6.45) is 0. The lowest BCUT2D eigenvalue weighted by atomic mass is 10.1. The number of rotatable bonds is 4. The molecule has 2 rings (SSSR count). The number of aliphatic hydroxyl groups is 1. The van der Waals surface area contributed by atoms with Gasteiger partial charge in [-0.05, 0) is 42.7 Å². The molecule has 0 aromatic heterocycles. The Morgan fingerprint density at radius 3 is 2.58 bits per heavy atom. The van der Waals surface area contributed by atoms with Gasteiger partial charge in [0.05, 0.1) is 6.61 Å². The Hall–Kier alpha value is -1.87. The molecule has 19 heavy (non-hydrogen) atoms. The summed E-state index contributed by atoms with van der Waals surface area (Å²) >= 11 is 0. The molecule has 0 atom stereocenters. The molecule has 0 amide bonds. The second-order valence-electron chi connectivity index (χ2n) is 4.64. The maximum absolute atomic E-state index is 13.7. The molecular weight excluding hydrogens is 243 g/mol. The number of ether oxygens (including phenoxy) is 1. The molecule has 0 saturated carbocycles. The van der Waals surface area contributed by atoms with Gasteiger partial charge in [0.15, 0.2) is 11.6 Å². The first-order valence-corrected chi connectivity index (χ1v) is 6.18. The molecule has 2 aromatic rings. The van der Waals surface area contributed by atoms with Gasteiger partial charge in [0, 0.05) is 0 Å². The summed E-state index contributed by atoms with van der Waals surface area (Å²) in [5.41, 5.74) is 3.86. The van der Waals surface area contributed by atoms with Crippen LogP contribution in [0.15, 0.2) is 36.4 Å². The third kappa shape index (κ3) is 3.32. The Morgan fingerprint density at radius 2 is 1.89 bits per heavy atom. The second-order valence-corrected chi connectivity index (χ2v) is 4.64. The molecule has 0 saturated heterocycles. The third-order valence-electron chi connectivity index (χ3n) is 3.07. The van der Waals surface area contributed by atoms with E-state index in [-0.39, 0.29) is 12.4 Å². The minimum Gasteiger partial charge on any atom is -0.486 e. The molecule has 1 N–H and O–H groups in total. The first-order chi connectivity index (χ1) is 9.10. The lowest BCUT2D eigenvalue weighted by Crippen LogP contribution is -2.00. The van der Waals surface area contributed by atoms with Crippen LogP contribution in [0.4, 0.5) is 4.39 Å². The van der Waals surface area contributed by atoms with Crippen LogP contribution in [0, 0.1) is 19.7 Å². The maximum Gasteiger partial charge on any atom is 0.165 e. The van der Waals surface area contributed by atoms with Gasteiger partial charge < -0.3 is 9.84 Å². The quantitative estimate of drug-likeness (QED) is 0.911. The van der Waals surface area contributed by atoms with Crippen LogP contribution < -0.4 is 4.74 Å². The van der Waals surface area contributed by atoms with Crippen LogP contribution in [0.5, 0.6) is 5.75 Å². The highest BCUT2D eigenvalue weighted by Crippen LogP contribution is 2.21. The van der Waals surface area contributed by atoms with Crippen LogP contribution >= 0.6 is 0 Å². The molecule has 2 nitrogen and oxygen atoms in total. The summed E-state index contributed by atoms with van der Waals surface area (Å²) in [5.74, 6) is -0.241. The van der Waals surface area contributed by atoms with Gasteiger partial charge in [0.2, 0.25) is 0 Å². The standard InChI is InChI=1S/C16H17FO2/c1-11-3-4-12(2)14(7-11)10-19-16-6-5-13(9-18)8-15(16)17/h3-8,18H,9-10H2,1-2H3. The zero-order chi connectivity index (χ0) is 13.8. The first-order valence-electron chi connectivity index (χ1n) is 6.18. The third-order valence-corrected chi connectivity index (χ3v) is 3.07. The second kappa shape index (κ2) is 5.85. The highest BCUT2D eigenvalue weighted by atomic mass is 19.1. The van der Waals surface area contributed by atoms with Gasteiger partial charge in [-0.15, -0.1) is 0 Å². The van der Waals surface area contributed by atoms with Crippen molar-refractivity contribution in [1.29, 1.82) is 0 Å². The normalized spacial score (nSPS) is 10.5. The number of hydrogen-bond donors (Lipinski definition) is 1. The molecule has 0 fully saturated rings. The predicted octanol–water partition coefficient (Wildman–Crippen LogP) is 3.51. The van der Waals surface area contributed by atoms with Gasteiger partial charge >= 0.3 is 0 Å². The Kier molecular flexibility index (Phi) is 4.17. The fourth-order valence-corrected chi connectivity index (χ4v) is 1.87. The molecule has 0 radical (unpaired) electrons. The minimum atomic E-state index is -0.447. The van der Waals surface area contributed by atoms with Gasteiger partial charge in [-0.25, -0.2) is 4.39 Å². The summed E-state index contributed by atoms with van der Waals surface area (Å²) < 4.78 is 19.2. The smallest absolute Gasteiger partial charge is 0.165 e. The van der Waals surface area contributed by atoms with Gasteiger partial charge in [-0.1, -0.05) is 29.8 Å². The van der Waals surface area contributed by atoms with Crippen LogP contribution in [-0.4, -0.2) is 5.11 Å². The average Bonchev–Trinajstić information content (AvgIpc) is 2.40. The summed E-state index contributed by atoms with van der Waals surface area (Å²) in [5, 5.41) is 8.92. The molecule has 0 spiro atoms. The summed E-state index contributed by atoms with van der Waals surface area (Å²) in [4.78, 5) is 0. The monoisotopic (exact) mass is 260 g/mol. The van der Waals surface area contributed by atoms with Crippen molar-refractivity contribution in [2.75, 3.05) is 0 Å². The number of halogens is 1. The zero-order valence-electron chi connectivity index (χ0n) is 11.1. The van der Waals surface area contributed by atoms with Gasteiger partial charge in [-0.3, -0.25) is 0 Å². The maximum atomic E-state index is 13.7. The van der Waals surface area contributed by atoms with Crippen molar-refractivity contribution in [2.45, 2.75) is 27.1 Å². The molecule has 3 heteroatoms. The van der Waals surface area contributed by atoms with E-state index in [0.717, 1.165) is 16.7 Å². The zero-order valence-corrected chi connectivity index (χ0v) is 11.1. The van der Waals surface area contributed by atoms with E-state index >= 15 is 0 Å². The molecule has 0 aliphatic rings. The largest absolute Gasteiger partial charge is 0.486 e. The highest BCUT2D eigenvalue weighted by molar-refractivity contribution is 5.32. The van der Waals surface area contributed by atoms with E-state index in [1.807, 2.05) is 32.0 Å². The van der Waals surface area contributed by atoms with E-state index in [1.165, 1.54) is 6.07 Å². The molecule has 100 valence electrons. The van der Waals surface area contributed by atoms with Crippen LogP contribution in [0.2, 0.25) is 0 Å². The van der Waals surface area contributed by atoms with Gasteiger partial charge in [-0.2, -0.15) is 0 Å². The number of hydrogen-bond acceptors (Lipinski definition) is 2. The van der Waals surface area contributed by atoms with Crippen molar-refractivity contribution in [3.8, 4) is 5.75 Å². The molecule has 0 aliphatic carbocycles. The predicted molar refractivity (Wildman–Crippen MR) is 72.6 cm³/mol. The van der Waals surface area contributed by atoms with Crippen LogP contribution in [0.1, 0.15) is 22.3 Å². The summed E-state index contributed by atoms with van der Waals surface area (Å²) in [6, 6.07) is 10.6. The summed E-state index contributed by atoms with van der Waals surface area (Å²) in [6.45, 7) is 4.18. The first kappa shape index (κ1) is 13.6. The van der Waals surface area contributed by atoms with Crippen molar-refractivity contribution in [3.63, 3.8) is 0 Å². The number of benzene rings is 2. The van der Waals surface area contributed by atoms with Crippen molar-refractivity contribution in [2.24, 2.45) is 0 Å². The Balaban J connectivity index is 2.12. The Labute approximate surface area is 112 Å². The van der Waals surface area contributed by atoms with E-state index < -0.39 is 5.82 Å². The van der Waals surface area contributed by atoms with Crippen molar-refractivity contribution >= 4 is 0 Å². The lowest BCUT2D eigenvalue weighted by molar-refractivity contribution is 0.276. The van der Waals surface area contributed by atoms with E-state index in [2.05, 4.69) is 0 Å². The van der Waals surface area contributed by atoms with Crippen molar-refractivity contribution < 1.29 is 14.2 Å². The number of aliphatic hydroxyl groups excluding tert-OH is 1. The van der Waals surface area contributed by atoms with Crippen LogP contribution in [0.3, 0.4) is 0 Å². The minimum absolute atomic E-state index is 0.172. The van der Waals surface area contributed by atoms with E-state index in [1.54, 1.807) is 12.1 Å². The SMILES string of the molecule is Cc1ccc(C)c(COc2ccc(CO)cc2F)c1. The van der Waals surface area contributed by atoms with E-state index in [4.69, 9.17) is 9.84 Å². The van der Waals surface area contributed by atoms with Crippen LogP contribution in [-0.2, 0) is 13.2 Å². The topological polar surface area (TPSA) is 29.5 Å². The van der Waals surface area contributed by atoms with Crippen molar-refractivity contribution in [3.05, 3.63) is 64.5 Å².